The smallest absolute Gasteiger partial charge is 0.253 e. The van der Waals surface area contributed by atoms with E-state index in [0.29, 0.717) is 12.4 Å². The third-order valence-electron chi connectivity index (χ3n) is 4.77. The lowest BCUT2D eigenvalue weighted by Crippen LogP contribution is -2.45. The van der Waals surface area contributed by atoms with Crippen molar-refractivity contribution in [3.8, 4) is 5.75 Å². The van der Waals surface area contributed by atoms with E-state index < -0.39 is 11.9 Å². The molecule has 3 rings (SSSR count). The van der Waals surface area contributed by atoms with Crippen LogP contribution < -0.4 is 15.4 Å². The fourth-order valence-corrected chi connectivity index (χ4v) is 3.34. The van der Waals surface area contributed by atoms with Crippen LogP contribution in [0.25, 0.3) is 0 Å². The number of nitrogens with zero attached hydrogens (tertiary/aromatic N) is 1. The van der Waals surface area contributed by atoms with Crippen molar-refractivity contribution in [1.82, 2.24) is 15.6 Å². The Morgan fingerprint density at radius 2 is 1.78 bits per heavy atom. The normalized spacial score (nSPS) is 12.5. The highest BCUT2D eigenvalue weighted by Gasteiger charge is 2.21. The van der Waals surface area contributed by atoms with Crippen molar-refractivity contribution in [2.75, 3.05) is 0 Å². The molecular weight excluding hydrogens is 449 g/mol. The number of aromatic nitrogens is 1. The Labute approximate surface area is 196 Å². The van der Waals surface area contributed by atoms with Crippen LogP contribution in [0.5, 0.6) is 5.75 Å². The summed E-state index contributed by atoms with van der Waals surface area (Å²) in [6.07, 6.45) is 1.72. The van der Waals surface area contributed by atoms with Gasteiger partial charge in [0.25, 0.3) is 5.91 Å². The highest BCUT2D eigenvalue weighted by Crippen LogP contribution is 2.25. The number of hydrogen-bond acceptors (Lipinski definition) is 4. The third-order valence-corrected chi connectivity index (χ3v) is 5.59. The minimum absolute atomic E-state index is 0.148. The number of rotatable bonds is 8. The molecular formula is C24H23Cl2N3O3. The number of benzene rings is 2. The summed E-state index contributed by atoms with van der Waals surface area (Å²) >= 11 is 12.0. The summed E-state index contributed by atoms with van der Waals surface area (Å²) in [6, 6.07) is 16.8. The van der Waals surface area contributed by atoms with Crippen LogP contribution in [0.2, 0.25) is 10.0 Å². The first-order valence-corrected chi connectivity index (χ1v) is 10.8. The van der Waals surface area contributed by atoms with Gasteiger partial charge >= 0.3 is 0 Å². The van der Waals surface area contributed by atoms with Crippen molar-refractivity contribution in [3.63, 3.8) is 0 Å². The largest absolute Gasteiger partial charge is 0.487 e. The quantitative estimate of drug-likeness (QED) is 0.486. The van der Waals surface area contributed by atoms with Crippen molar-refractivity contribution >= 4 is 35.0 Å². The predicted molar refractivity (Wildman–Crippen MR) is 125 cm³/mol. The van der Waals surface area contributed by atoms with E-state index in [4.69, 9.17) is 27.9 Å². The van der Waals surface area contributed by atoms with Gasteiger partial charge < -0.3 is 15.4 Å². The van der Waals surface area contributed by atoms with Gasteiger partial charge in [0.1, 0.15) is 18.4 Å². The zero-order valence-electron chi connectivity index (χ0n) is 17.6. The van der Waals surface area contributed by atoms with Crippen LogP contribution in [0, 0.1) is 0 Å². The maximum absolute atomic E-state index is 12.6. The fourth-order valence-electron chi connectivity index (χ4n) is 2.96. The Balaban J connectivity index is 1.57. The Hall–Kier alpha value is -3.09. The van der Waals surface area contributed by atoms with E-state index in [1.807, 2.05) is 49.4 Å². The lowest BCUT2D eigenvalue weighted by Gasteiger charge is -2.19. The van der Waals surface area contributed by atoms with Crippen LogP contribution in [0.4, 0.5) is 0 Å². The van der Waals surface area contributed by atoms with Crippen molar-refractivity contribution in [2.45, 2.75) is 32.5 Å². The van der Waals surface area contributed by atoms with E-state index in [1.165, 1.54) is 0 Å². The molecule has 0 fully saturated rings. The molecule has 0 aliphatic rings. The van der Waals surface area contributed by atoms with Crippen LogP contribution in [0.1, 0.15) is 41.5 Å². The molecule has 0 aliphatic carbocycles. The highest BCUT2D eigenvalue weighted by molar-refractivity contribution is 6.43. The van der Waals surface area contributed by atoms with E-state index in [-0.39, 0.29) is 27.6 Å². The van der Waals surface area contributed by atoms with Crippen molar-refractivity contribution in [2.24, 2.45) is 0 Å². The third kappa shape index (κ3) is 6.22. The summed E-state index contributed by atoms with van der Waals surface area (Å²) in [7, 11) is 0. The van der Waals surface area contributed by atoms with Crippen LogP contribution in [-0.4, -0.2) is 22.8 Å². The van der Waals surface area contributed by atoms with E-state index >= 15 is 0 Å². The van der Waals surface area contributed by atoms with Gasteiger partial charge in [0.05, 0.1) is 27.3 Å². The maximum Gasteiger partial charge on any atom is 0.253 e. The molecule has 0 aliphatic heterocycles. The van der Waals surface area contributed by atoms with E-state index in [2.05, 4.69) is 15.6 Å². The van der Waals surface area contributed by atoms with Gasteiger partial charge in [-0.15, -0.1) is 0 Å². The van der Waals surface area contributed by atoms with Crippen LogP contribution in [0.15, 0.2) is 66.9 Å². The average Bonchev–Trinajstić information content (AvgIpc) is 2.80. The first-order chi connectivity index (χ1) is 15.3. The van der Waals surface area contributed by atoms with Gasteiger partial charge in [-0.3, -0.25) is 14.6 Å². The molecule has 2 atom stereocenters. The predicted octanol–water partition coefficient (Wildman–Crippen LogP) is 4.96. The zero-order chi connectivity index (χ0) is 23.1. The second-order valence-corrected chi connectivity index (χ2v) is 7.99. The first kappa shape index (κ1) is 23.6. The SMILES string of the molecule is CC(NC(=O)c1cccc(Cl)c1Cl)C(=O)NC(C)c1cccc(OCc2ccccn2)c1. The molecule has 0 saturated heterocycles. The Morgan fingerprint density at radius 3 is 2.53 bits per heavy atom. The van der Waals surface area contributed by atoms with Crippen molar-refractivity contribution in [3.05, 3.63) is 93.7 Å². The number of hydrogen-bond donors (Lipinski definition) is 2. The second kappa shape index (κ2) is 11.0. The molecule has 0 radical (unpaired) electrons. The van der Waals surface area contributed by atoms with Crippen LogP contribution in [-0.2, 0) is 11.4 Å². The standard InChI is InChI=1S/C24H23Cl2N3O3/c1-15(17-7-5-9-19(13-17)32-14-18-8-3-4-12-27-18)28-23(30)16(2)29-24(31)20-10-6-11-21(25)22(20)26/h3-13,15-16H,14H2,1-2H3,(H,28,30)(H,29,31). The number of carbonyl (C=O) groups excluding carboxylic acids is 2. The van der Waals surface area contributed by atoms with Gasteiger partial charge in [-0.2, -0.15) is 0 Å². The summed E-state index contributed by atoms with van der Waals surface area (Å²) in [6.45, 7) is 3.81. The summed E-state index contributed by atoms with van der Waals surface area (Å²) in [5, 5.41) is 5.97. The molecule has 3 aromatic rings. The molecule has 6 nitrogen and oxygen atoms in total. The van der Waals surface area contributed by atoms with Gasteiger partial charge in [0, 0.05) is 6.20 Å². The Bertz CT molecular complexity index is 1090. The van der Waals surface area contributed by atoms with Gasteiger partial charge in [-0.05, 0) is 55.8 Å². The molecule has 32 heavy (non-hydrogen) atoms. The molecule has 0 saturated carbocycles. The lowest BCUT2D eigenvalue weighted by molar-refractivity contribution is -0.123. The fraction of sp³-hybridized carbons (Fsp3) is 0.208. The first-order valence-electron chi connectivity index (χ1n) is 10.0. The number of pyridine rings is 1. The molecule has 1 aromatic heterocycles. The summed E-state index contributed by atoms with van der Waals surface area (Å²) in [5.74, 6) is -0.132. The summed E-state index contributed by atoms with van der Waals surface area (Å²) < 4.78 is 5.80. The van der Waals surface area contributed by atoms with Gasteiger partial charge in [0.2, 0.25) is 5.91 Å². The maximum atomic E-state index is 12.6. The molecule has 2 amide bonds. The van der Waals surface area contributed by atoms with Gasteiger partial charge in [-0.1, -0.05) is 47.5 Å². The minimum atomic E-state index is -0.774. The molecule has 0 bridgehead atoms. The van der Waals surface area contributed by atoms with Gasteiger partial charge in [-0.25, -0.2) is 0 Å². The molecule has 0 spiro atoms. The topological polar surface area (TPSA) is 80.3 Å². The molecule has 2 N–H and O–H groups in total. The van der Waals surface area contributed by atoms with Crippen molar-refractivity contribution in [1.29, 1.82) is 0 Å². The minimum Gasteiger partial charge on any atom is -0.487 e. The van der Waals surface area contributed by atoms with Gasteiger partial charge in [0.15, 0.2) is 0 Å². The number of carbonyl (C=O) groups is 2. The van der Waals surface area contributed by atoms with E-state index in [1.54, 1.807) is 31.3 Å². The molecule has 166 valence electrons. The monoisotopic (exact) mass is 471 g/mol. The Morgan fingerprint density at radius 1 is 1.00 bits per heavy atom. The summed E-state index contributed by atoms with van der Waals surface area (Å²) in [5.41, 5.74) is 1.90. The van der Waals surface area contributed by atoms with Crippen LogP contribution in [0.3, 0.4) is 0 Å². The number of ether oxygens (including phenoxy) is 1. The lowest BCUT2D eigenvalue weighted by atomic mass is 10.1. The molecule has 1 heterocycles. The Kier molecular flexibility index (Phi) is 8.09. The van der Waals surface area contributed by atoms with E-state index in [0.717, 1.165) is 11.3 Å². The molecule has 8 heteroatoms. The number of amides is 2. The van der Waals surface area contributed by atoms with Crippen molar-refractivity contribution < 1.29 is 14.3 Å². The molecule has 2 aromatic carbocycles. The zero-order valence-corrected chi connectivity index (χ0v) is 19.2. The summed E-state index contributed by atoms with van der Waals surface area (Å²) in [4.78, 5) is 29.3. The molecule has 2 unspecified atom stereocenters. The average molecular weight is 472 g/mol. The van der Waals surface area contributed by atoms with E-state index in [9.17, 15) is 9.59 Å². The number of nitrogens with one attached hydrogen (secondary N) is 2. The highest BCUT2D eigenvalue weighted by atomic mass is 35.5. The van der Waals surface area contributed by atoms with Crippen LogP contribution >= 0.6 is 23.2 Å². The second-order valence-electron chi connectivity index (χ2n) is 7.21. The number of halogens is 2.